The minimum absolute atomic E-state index is 0.110. The highest BCUT2D eigenvalue weighted by Gasteiger charge is 2.32. The molecule has 2 aromatic heterocycles. The lowest BCUT2D eigenvalue weighted by Crippen LogP contribution is -2.43. The summed E-state index contributed by atoms with van der Waals surface area (Å²) >= 11 is 1.51. The molecule has 3 rings (SSSR count). The number of amides is 1. The molecule has 0 unspecified atom stereocenters. The molecule has 0 saturated carbocycles. The van der Waals surface area contributed by atoms with E-state index in [1.54, 1.807) is 10.9 Å². The zero-order chi connectivity index (χ0) is 15.7. The molecule has 0 spiro atoms. The van der Waals surface area contributed by atoms with Gasteiger partial charge < -0.3 is 9.47 Å². The van der Waals surface area contributed by atoms with E-state index in [1.807, 2.05) is 36.7 Å². The summed E-state index contributed by atoms with van der Waals surface area (Å²) in [6.07, 6.45) is 6.31. The molecule has 1 amide bonds. The van der Waals surface area contributed by atoms with Crippen LogP contribution in [0.25, 0.3) is 0 Å². The number of hydrogen-bond donors (Lipinski definition) is 0. The second-order valence-electron chi connectivity index (χ2n) is 5.42. The van der Waals surface area contributed by atoms with E-state index in [1.165, 1.54) is 11.8 Å². The fourth-order valence-corrected chi connectivity index (χ4v) is 3.76. The standard InChI is InChI=1S/C14H20N6OS/c1-4-12-16-17-14(19(12)3)22-11-6-5-7-20(13(11)21)10-8-15-18(2)9-10/h8-9,11H,4-7H2,1-3H3/t11-/m1/s1. The minimum atomic E-state index is -0.110. The molecule has 1 aliphatic rings. The zero-order valence-corrected chi connectivity index (χ0v) is 13.9. The Hall–Kier alpha value is -1.83. The Bertz CT molecular complexity index is 679. The van der Waals surface area contributed by atoms with Gasteiger partial charge in [-0.05, 0) is 12.8 Å². The van der Waals surface area contributed by atoms with E-state index < -0.39 is 0 Å². The molecule has 22 heavy (non-hydrogen) atoms. The third-order valence-corrected chi connectivity index (χ3v) is 5.17. The van der Waals surface area contributed by atoms with Crippen molar-refractivity contribution in [3.8, 4) is 0 Å². The quantitative estimate of drug-likeness (QED) is 0.852. The smallest absolute Gasteiger partial charge is 0.240 e. The van der Waals surface area contributed by atoms with Gasteiger partial charge in [0.1, 0.15) is 5.82 Å². The summed E-state index contributed by atoms with van der Waals surface area (Å²) in [6, 6.07) is 0. The predicted molar refractivity (Wildman–Crippen MR) is 84.8 cm³/mol. The first-order valence-corrected chi connectivity index (χ1v) is 8.33. The molecule has 3 heterocycles. The zero-order valence-electron chi connectivity index (χ0n) is 13.1. The van der Waals surface area contributed by atoms with Crippen LogP contribution < -0.4 is 4.90 Å². The molecule has 0 N–H and O–H groups in total. The third-order valence-electron chi connectivity index (χ3n) is 3.88. The fourth-order valence-electron chi connectivity index (χ4n) is 2.64. The van der Waals surface area contributed by atoms with Crippen LogP contribution in [0.2, 0.25) is 0 Å². The summed E-state index contributed by atoms with van der Waals surface area (Å²) in [4.78, 5) is 14.6. The first-order valence-electron chi connectivity index (χ1n) is 7.45. The highest BCUT2D eigenvalue weighted by molar-refractivity contribution is 8.00. The largest absolute Gasteiger partial charge is 0.309 e. The lowest BCUT2D eigenvalue weighted by Gasteiger charge is -2.30. The van der Waals surface area contributed by atoms with E-state index in [4.69, 9.17) is 0 Å². The Kier molecular flexibility index (Phi) is 4.19. The van der Waals surface area contributed by atoms with Gasteiger partial charge in [0.25, 0.3) is 0 Å². The number of nitrogens with zero attached hydrogens (tertiary/aromatic N) is 6. The van der Waals surface area contributed by atoms with Crippen molar-refractivity contribution in [2.24, 2.45) is 14.1 Å². The number of aryl methyl sites for hydroxylation is 2. The van der Waals surface area contributed by atoms with Crippen LogP contribution in [0.1, 0.15) is 25.6 Å². The van der Waals surface area contributed by atoms with E-state index in [9.17, 15) is 4.79 Å². The summed E-state index contributed by atoms with van der Waals surface area (Å²) in [7, 11) is 3.81. The Labute approximate surface area is 133 Å². The number of thioether (sulfide) groups is 1. The lowest BCUT2D eigenvalue weighted by molar-refractivity contribution is -0.119. The fraction of sp³-hybridized carbons (Fsp3) is 0.571. The highest BCUT2D eigenvalue weighted by atomic mass is 32.2. The third kappa shape index (κ3) is 2.75. The Morgan fingerprint density at radius 1 is 1.36 bits per heavy atom. The van der Waals surface area contributed by atoms with Gasteiger partial charge in [-0.2, -0.15) is 5.10 Å². The van der Waals surface area contributed by atoms with Gasteiger partial charge in [0.05, 0.1) is 17.1 Å². The van der Waals surface area contributed by atoms with Crippen molar-refractivity contribution in [2.45, 2.75) is 36.6 Å². The number of piperidine rings is 1. The van der Waals surface area contributed by atoms with Crippen molar-refractivity contribution in [2.75, 3.05) is 11.4 Å². The molecule has 118 valence electrons. The maximum atomic E-state index is 12.7. The average Bonchev–Trinajstić information content (AvgIpc) is 3.08. The Morgan fingerprint density at radius 3 is 2.82 bits per heavy atom. The molecule has 1 fully saturated rings. The second kappa shape index (κ2) is 6.12. The first kappa shape index (κ1) is 15.1. The summed E-state index contributed by atoms with van der Waals surface area (Å²) in [5.41, 5.74) is 0.866. The summed E-state index contributed by atoms with van der Waals surface area (Å²) < 4.78 is 3.69. The monoisotopic (exact) mass is 320 g/mol. The summed E-state index contributed by atoms with van der Waals surface area (Å²) in [5.74, 6) is 1.07. The van der Waals surface area contributed by atoms with Crippen LogP contribution in [0, 0.1) is 0 Å². The van der Waals surface area contributed by atoms with Crippen LogP contribution >= 0.6 is 11.8 Å². The van der Waals surface area contributed by atoms with E-state index in [2.05, 4.69) is 15.3 Å². The Morgan fingerprint density at radius 2 is 2.18 bits per heavy atom. The predicted octanol–water partition coefficient (Wildman–Crippen LogP) is 1.40. The van der Waals surface area contributed by atoms with Gasteiger partial charge in [-0.25, -0.2) is 0 Å². The molecule has 1 aliphatic heterocycles. The van der Waals surface area contributed by atoms with E-state index in [-0.39, 0.29) is 11.2 Å². The number of rotatable bonds is 4. The van der Waals surface area contributed by atoms with Crippen molar-refractivity contribution in [3.05, 3.63) is 18.2 Å². The molecule has 2 aromatic rings. The molecule has 0 bridgehead atoms. The van der Waals surface area contributed by atoms with Crippen LogP contribution in [0.5, 0.6) is 0 Å². The van der Waals surface area contributed by atoms with Crippen molar-refractivity contribution < 1.29 is 4.79 Å². The van der Waals surface area contributed by atoms with Crippen LogP contribution in [0.15, 0.2) is 17.6 Å². The topological polar surface area (TPSA) is 68.8 Å². The second-order valence-corrected chi connectivity index (χ2v) is 6.59. The molecule has 8 heteroatoms. The minimum Gasteiger partial charge on any atom is -0.309 e. The van der Waals surface area contributed by atoms with Crippen LogP contribution in [0.4, 0.5) is 5.69 Å². The number of carbonyl (C=O) groups is 1. The normalized spacial score (nSPS) is 19.0. The van der Waals surface area contributed by atoms with E-state index in [0.717, 1.165) is 42.5 Å². The maximum absolute atomic E-state index is 12.7. The van der Waals surface area contributed by atoms with Gasteiger partial charge in [0.2, 0.25) is 5.91 Å². The summed E-state index contributed by atoms with van der Waals surface area (Å²) in [5, 5.41) is 13.2. The molecule has 0 aliphatic carbocycles. The SMILES string of the molecule is CCc1nnc(S[C@@H]2CCCN(c3cnn(C)c3)C2=O)n1C. The number of hydrogen-bond acceptors (Lipinski definition) is 5. The first-order chi connectivity index (χ1) is 10.6. The molecular formula is C14H20N6OS. The van der Waals surface area contributed by atoms with Gasteiger partial charge in [0, 0.05) is 33.3 Å². The van der Waals surface area contributed by atoms with Crippen LogP contribution in [-0.2, 0) is 25.3 Å². The summed E-state index contributed by atoms with van der Waals surface area (Å²) in [6.45, 7) is 2.80. The van der Waals surface area contributed by atoms with Crippen molar-refractivity contribution >= 4 is 23.4 Å². The molecular weight excluding hydrogens is 300 g/mol. The van der Waals surface area contributed by atoms with Gasteiger partial charge in [0.15, 0.2) is 5.16 Å². The molecule has 0 radical (unpaired) electrons. The lowest BCUT2D eigenvalue weighted by atomic mass is 10.1. The Balaban J connectivity index is 1.76. The van der Waals surface area contributed by atoms with Gasteiger partial charge in [-0.1, -0.05) is 18.7 Å². The molecule has 7 nitrogen and oxygen atoms in total. The molecule has 1 saturated heterocycles. The van der Waals surface area contributed by atoms with Crippen molar-refractivity contribution in [3.63, 3.8) is 0 Å². The van der Waals surface area contributed by atoms with E-state index in [0.29, 0.717) is 0 Å². The number of anilines is 1. The highest BCUT2D eigenvalue weighted by Crippen LogP contribution is 2.31. The van der Waals surface area contributed by atoms with Crippen molar-refractivity contribution in [1.29, 1.82) is 0 Å². The number of carbonyl (C=O) groups excluding carboxylic acids is 1. The van der Waals surface area contributed by atoms with Gasteiger partial charge >= 0.3 is 0 Å². The van der Waals surface area contributed by atoms with Gasteiger partial charge in [-0.15, -0.1) is 10.2 Å². The van der Waals surface area contributed by atoms with E-state index >= 15 is 0 Å². The van der Waals surface area contributed by atoms with Crippen LogP contribution in [0.3, 0.4) is 0 Å². The van der Waals surface area contributed by atoms with Gasteiger partial charge in [-0.3, -0.25) is 9.48 Å². The number of aromatic nitrogens is 5. The molecule has 1 atom stereocenters. The molecule has 0 aromatic carbocycles. The van der Waals surface area contributed by atoms with Crippen molar-refractivity contribution in [1.82, 2.24) is 24.5 Å². The average molecular weight is 320 g/mol. The maximum Gasteiger partial charge on any atom is 0.240 e. The van der Waals surface area contributed by atoms with Crippen LogP contribution in [-0.4, -0.2) is 42.2 Å².